The molecule has 2 fully saturated rings. The van der Waals surface area contributed by atoms with Crippen molar-refractivity contribution in [1.29, 1.82) is 0 Å². The number of rotatable bonds is 10. The van der Waals surface area contributed by atoms with Gasteiger partial charge in [0.25, 0.3) is 0 Å². The van der Waals surface area contributed by atoms with E-state index in [0.717, 1.165) is 52.1 Å². The molecule has 0 saturated heterocycles. The van der Waals surface area contributed by atoms with Crippen molar-refractivity contribution in [2.75, 3.05) is 39.3 Å². The van der Waals surface area contributed by atoms with Gasteiger partial charge < -0.3 is 29.6 Å². The highest BCUT2D eigenvalue weighted by Gasteiger charge is 2.61. The zero-order valence-corrected chi connectivity index (χ0v) is 29.3. The van der Waals surface area contributed by atoms with Gasteiger partial charge in [-0.25, -0.2) is 0 Å². The second-order valence-electron chi connectivity index (χ2n) is 13.4. The highest BCUT2D eigenvalue weighted by atomic mass is 16.4. The van der Waals surface area contributed by atoms with Crippen molar-refractivity contribution in [3.63, 3.8) is 0 Å². The number of aliphatic carboxylic acids is 2. The lowest BCUT2D eigenvalue weighted by molar-refractivity contribution is -0.345. The molecule has 4 aromatic carbocycles. The highest BCUT2D eigenvalue weighted by Crippen LogP contribution is 2.61. The zero-order valence-electron chi connectivity index (χ0n) is 29.3. The molecular weight excluding hydrogens is 649 g/mol. The first kappa shape index (κ1) is 36.0. The lowest BCUT2D eigenvalue weighted by Gasteiger charge is -2.23. The first-order valence-corrected chi connectivity index (χ1v) is 17.8. The Morgan fingerprint density at radius 1 is 0.577 bits per heavy atom. The maximum Gasteiger partial charge on any atom is 0.104 e. The Kier molecular flexibility index (Phi) is 11.1. The summed E-state index contributed by atoms with van der Waals surface area (Å²) in [7, 11) is 0. The summed E-state index contributed by atoms with van der Waals surface area (Å²) >= 11 is 0. The predicted molar refractivity (Wildman–Crippen MR) is 202 cm³/mol. The molecule has 4 aromatic rings. The Hall–Kier alpha value is -5.76. The molecule has 0 bridgehead atoms. The van der Waals surface area contributed by atoms with E-state index in [2.05, 4.69) is 144 Å². The van der Waals surface area contributed by atoms with Gasteiger partial charge in [0.2, 0.25) is 0 Å². The second kappa shape index (κ2) is 16.1. The minimum Gasteiger partial charge on any atom is -0.543 e. The lowest BCUT2D eigenvalue weighted by Crippen LogP contribution is -2.42. The highest BCUT2D eigenvalue weighted by molar-refractivity contribution is 6.25. The van der Waals surface area contributed by atoms with Gasteiger partial charge in [0.15, 0.2) is 0 Å². The summed E-state index contributed by atoms with van der Waals surface area (Å²) in [5.74, 6) is -0.857. The van der Waals surface area contributed by atoms with Crippen LogP contribution in [0.4, 0.5) is 0 Å². The monoisotopic (exact) mass is 692 g/mol. The van der Waals surface area contributed by atoms with Crippen molar-refractivity contribution < 1.29 is 19.8 Å². The Morgan fingerprint density at radius 3 is 1.12 bits per heavy atom. The van der Waals surface area contributed by atoms with Gasteiger partial charge in [-0.3, -0.25) is 9.98 Å². The summed E-state index contributed by atoms with van der Waals surface area (Å²) < 4.78 is 0. The van der Waals surface area contributed by atoms with Crippen LogP contribution in [0.15, 0.2) is 157 Å². The number of carboxylic acid groups (broad SMARTS) is 2. The summed E-state index contributed by atoms with van der Waals surface area (Å²) in [5.41, 5.74) is 5.80. The molecule has 2 unspecified atom stereocenters. The first-order chi connectivity index (χ1) is 25.4. The minimum absolute atomic E-state index is 0.0884. The molecule has 2 heterocycles. The lowest BCUT2D eigenvalue weighted by atomic mass is 9.85. The van der Waals surface area contributed by atoms with E-state index < -0.39 is 11.9 Å². The van der Waals surface area contributed by atoms with Crippen molar-refractivity contribution >= 4 is 23.6 Å². The van der Waals surface area contributed by atoms with Crippen LogP contribution in [0, 0.1) is 11.8 Å². The fourth-order valence-electron chi connectivity index (χ4n) is 8.04. The van der Waals surface area contributed by atoms with Crippen LogP contribution in [0.25, 0.3) is 0 Å². The van der Waals surface area contributed by atoms with E-state index in [9.17, 15) is 0 Å². The number of carbonyl (C=O) groups excluding carboxylic acids is 2. The van der Waals surface area contributed by atoms with Gasteiger partial charge in [-0.05, 0) is 35.1 Å². The van der Waals surface area contributed by atoms with Crippen molar-refractivity contribution in [3.8, 4) is 0 Å². The van der Waals surface area contributed by atoms with E-state index in [4.69, 9.17) is 29.8 Å². The Bertz CT molecular complexity index is 1690. The number of carbonyl (C=O) groups is 2. The smallest absolute Gasteiger partial charge is 0.104 e. The Morgan fingerprint density at radius 2 is 0.865 bits per heavy atom. The van der Waals surface area contributed by atoms with E-state index >= 15 is 0 Å². The minimum atomic E-state index is -2.19. The van der Waals surface area contributed by atoms with Crippen LogP contribution in [0.2, 0.25) is 0 Å². The number of hydrogen-bond acceptors (Lipinski definition) is 8. The topological polar surface area (TPSA) is 111 Å². The third kappa shape index (κ3) is 7.33. The SMILES string of the molecule is C=CCN1CCN=C1C1CC1(c1ccccc1)c1ccccc1.C=CCN1CCN=C1C1CC1(c1ccccc1)c1ccccc1.O=C([O-])C(=O)[O-]. The number of amidine groups is 2. The van der Waals surface area contributed by atoms with E-state index in [1.807, 2.05) is 12.2 Å². The fourth-order valence-corrected chi connectivity index (χ4v) is 8.04. The molecule has 8 heteroatoms. The largest absolute Gasteiger partial charge is 0.543 e. The quantitative estimate of drug-likeness (QED) is 0.181. The van der Waals surface area contributed by atoms with E-state index in [-0.39, 0.29) is 10.8 Å². The third-order valence-electron chi connectivity index (χ3n) is 10.5. The van der Waals surface area contributed by atoms with Crippen LogP contribution in [0.3, 0.4) is 0 Å². The van der Waals surface area contributed by atoms with E-state index in [0.29, 0.717) is 11.8 Å². The van der Waals surface area contributed by atoms with Crippen LogP contribution < -0.4 is 10.2 Å². The van der Waals surface area contributed by atoms with E-state index in [1.54, 1.807) is 0 Å². The molecule has 8 rings (SSSR count). The normalized spacial score (nSPS) is 20.2. The number of benzene rings is 4. The van der Waals surface area contributed by atoms with Crippen molar-refractivity contribution in [2.45, 2.75) is 23.7 Å². The van der Waals surface area contributed by atoms with Gasteiger partial charge in [-0.1, -0.05) is 133 Å². The second-order valence-corrected chi connectivity index (χ2v) is 13.4. The van der Waals surface area contributed by atoms with Crippen LogP contribution >= 0.6 is 0 Å². The Balaban J connectivity index is 0.000000155. The average Bonchev–Trinajstić information content (AvgIpc) is 4.00. The molecule has 0 aromatic heterocycles. The summed E-state index contributed by atoms with van der Waals surface area (Å²) in [6.07, 6.45) is 6.26. The maximum atomic E-state index is 8.93. The zero-order chi connectivity index (χ0) is 36.6. The number of carboxylic acids is 2. The van der Waals surface area contributed by atoms with Crippen LogP contribution in [-0.2, 0) is 20.4 Å². The van der Waals surface area contributed by atoms with Gasteiger partial charge in [-0.15, -0.1) is 13.2 Å². The van der Waals surface area contributed by atoms with Crippen LogP contribution in [0.1, 0.15) is 35.1 Å². The van der Waals surface area contributed by atoms with Crippen LogP contribution in [-0.4, -0.2) is 72.7 Å². The predicted octanol–water partition coefficient (Wildman–Crippen LogP) is 4.27. The van der Waals surface area contributed by atoms with Crippen molar-refractivity contribution in [2.24, 2.45) is 21.8 Å². The standard InChI is InChI=1S/2C21H22N2.C2H2O4/c2*1-2-14-23-15-13-22-20(23)19-16-21(19,17-9-5-3-6-10-17)18-11-7-4-8-12-18;3-1(4)2(5)6/h2*2-12,19H,1,13-16H2;(H,3,4)(H,5,6)/p-2. The fraction of sp³-hybridized carbons (Fsp3) is 0.273. The summed E-state index contributed by atoms with van der Waals surface area (Å²) in [4.78, 5) is 32.3. The van der Waals surface area contributed by atoms with Gasteiger partial charge in [0.1, 0.15) is 11.7 Å². The van der Waals surface area contributed by atoms with Gasteiger partial charge in [0.05, 0.1) is 25.0 Å². The average molecular weight is 693 g/mol. The molecular formula is C44H44N4O4-2. The summed E-state index contributed by atoms with van der Waals surface area (Å²) in [6, 6.07) is 43.7. The Labute approximate surface area is 306 Å². The summed E-state index contributed by atoms with van der Waals surface area (Å²) in [5, 5.41) is 17.9. The molecule has 266 valence electrons. The number of aliphatic imine (C=N–C) groups is 2. The molecule has 2 atom stereocenters. The molecule has 52 heavy (non-hydrogen) atoms. The molecule has 2 saturated carbocycles. The number of nitrogens with zero attached hydrogens (tertiary/aromatic N) is 4. The molecule has 8 nitrogen and oxygen atoms in total. The van der Waals surface area contributed by atoms with Crippen LogP contribution in [0.5, 0.6) is 0 Å². The first-order valence-electron chi connectivity index (χ1n) is 17.8. The molecule has 0 N–H and O–H groups in total. The molecule has 4 aliphatic rings. The maximum absolute atomic E-state index is 8.93. The van der Waals surface area contributed by atoms with Gasteiger partial charge >= 0.3 is 0 Å². The van der Waals surface area contributed by atoms with Gasteiger partial charge in [-0.2, -0.15) is 0 Å². The molecule has 0 radical (unpaired) electrons. The number of hydrogen-bond donors (Lipinski definition) is 0. The third-order valence-corrected chi connectivity index (χ3v) is 10.5. The summed E-state index contributed by atoms with van der Waals surface area (Å²) in [6.45, 7) is 13.5. The molecule has 2 aliphatic carbocycles. The van der Waals surface area contributed by atoms with Crippen molar-refractivity contribution in [1.82, 2.24) is 9.80 Å². The molecule has 0 spiro atoms. The molecule has 2 aliphatic heterocycles. The van der Waals surface area contributed by atoms with Gasteiger partial charge in [0, 0.05) is 48.8 Å². The van der Waals surface area contributed by atoms with Crippen molar-refractivity contribution in [3.05, 3.63) is 169 Å². The molecule has 0 amide bonds. The van der Waals surface area contributed by atoms with E-state index in [1.165, 1.54) is 33.9 Å².